The number of hydrogen-bond donors (Lipinski definition) is 1. The average molecular weight is 603 g/mol. The molecule has 1 N–H and O–H groups in total. The van der Waals surface area contributed by atoms with Gasteiger partial charge in [0.25, 0.3) is 0 Å². The van der Waals surface area contributed by atoms with Gasteiger partial charge in [0.1, 0.15) is 29.7 Å². The maximum absolute atomic E-state index is 16.1. The van der Waals surface area contributed by atoms with Crippen LogP contribution in [0.5, 0.6) is 5.75 Å². The van der Waals surface area contributed by atoms with Crippen molar-refractivity contribution in [3.8, 4) is 22.7 Å². The van der Waals surface area contributed by atoms with Gasteiger partial charge in [-0.3, -0.25) is 9.78 Å². The van der Waals surface area contributed by atoms with E-state index in [1.165, 1.54) is 34.9 Å². The summed E-state index contributed by atoms with van der Waals surface area (Å²) < 4.78 is 38.6. The summed E-state index contributed by atoms with van der Waals surface area (Å²) in [7, 11) is 0. The van der Waals surface area contributed by atoms with Gasteiger partial charge in [-0.05, 0) is 48.7 Å². The van der Waals surface area contributed by atoms with Crippen molar-refractivity contribution in [1.82, 2.24) is 24.4 Å². The fourth-order valence-electron chi connectivity index (χ4n) is 6.01. The molecule has 10 nitrogen and oxygen atoms in total. The molecule has 2 aliphatic rings. The van der Waals surface area contributed by atoms with E-state index in [4.69, 9.17) is 4.74 Å². The highest BCUT2D eigenvalue weighted by Gasteiger charge is 2.32. The van der Waals surface area contributed by atoms with Gasteiger partial charge in [0.05, 0.1) is 28.4 Å². The number of anilines is 1. The minimum absolute atomic E-state index is 0.00741. The van der Waals surface area contributed by atoms with E-state index >= 15 is 8.78 Å². The summed E-state index contributed by atoms with van der Waals surface area (Å²) >= 11 is 0. The van der Waals surface area contributed by atoms with Crippen LogP contribution in [0.2, 0.25) is 0 Å². The van der Waals surface area contributed by atoms with Crippen LogP contribution in [-0.4, -0.2) is 73.8 Å². The van der Waals surface area contributed by atoms with E-state index in [1.807, 2.05) is 25.7 Å². The van der Waals surface area contributed by atoms with Gasteiger partial charge in [0.2, 0.25) is 5.91 Å². The monoisotopic (exact) mass is 602 g/mol. The molecule has 1 aromatic carbocycles. The second-order valence-corrected chi connectivity index (χ2v) is 11.4. The molecule has 0 spiro atoms. The Hall–Kier alpha value is -4.71. The van der Waals surface area contributed by atoms with E-state index in [0.717, 1.165) is 0 Å². The normalized spacial score (nSPS) is 18.3. The molecule has 2 atom stereocenters. The Bertz CT molecular complexity index is 1860. The number of ether oxygens (including phenoxy) is 1. The maximum Gasteiger partial charge on any atom is 0.355 e. The standard InChI is InChI=1S/C32H32F2N6O4/c1-5-25(42)38-11-12-39(18(4)15-38)30-21-14-23(34)28-26-22(33)7-6-8-24(26)44-16-20(41)13-19-9-10-35-27(17(2)3)29(19)40(31(21)36-28)32(43)37-30/h5-10,14,17-18,20,41H,1,11-13,15-16H2,2-4H3/t18-,20?/m0/s1. The van der Waals surface area contributed by atoms with E-state index in [0.29, 0.717) is 36.6 Å². The zero-order chi connectivity index (χ0) is 31.3. The number of benzene rings is 1. The molecule has 5 heterocycles. The first-order valence-electron chi connectivity index (χ1n) is 14.5. The number of halogens is 2. The SMILES string of the molecule is C=CC(=O)N1CCN(c2nc(=O)n3c4nc(c(F)cc24)-c2c(F)cccc2OCC(O)Cc2ccnc(C(C)C)c2-3)[C@@H](C)C1. The summed E-state index contributed by atoms with van der Waals surface area (Å²) in [6, 6.07) is 6.71. The Morgan fingerprint density at radius 3 is 2.70 bits per heavy atom. The molecule has 228 valence electrons. The van der Waals surface area contributed by atoms with E-state index in [-0.39, 0.29) is 64.8 Å². The van der Waals surface area contributed by atoms with Crippen LogP contribution in [0, 0.1) is 11.6 Å². The first-order chi connectivity index (χ1) is 21.1. The zero-order valence-electron chi connectivity index (χ0n) is 24.6. The van der Waals surface area contributed by atoms with Crippen molar-refractivity contribution in [1.29, 1.82) is 0 Å². The minimum Gasteiger partial charge on any atom is -0.490 e. The highest BCUT2D eigenvalue weighted by Crippen LogP contribution is 2.38. The van der Waals surface area contributed by atoms with Crippen molar-refractivity contribution in [3.05, 3.63) is 82.6 Å². The fourth-order valence-corrected chi connectivity index (χ4v) is 6.01. The summed E-state index contributed by atoms with van der Waals surface area (Å²) in [6.07, 6.45) is 1.90. The summed E-state index contributed by atoms with van der Waals surface area (Å²) in [6.45, 7) is 10.1. The fraction of sp³-hybridized carbons (Fsp3) is 0.344. The van der Waals surface area contributed by atoms with Crippen LogP contribution >= 0.6 is 0 Å². The summed E-state index contributed by atoms with van der Waals surface area (Å²) in [5.41, 5.74) is 0.305. The molecule has 1 fully saturated rings. The number of amides is 1. The smallest absolute Gasteiger partial charge is 0.355 e. The summed E-state index contributed by atoms with van der Waals surface area (Å²) in [4.78, 5) is 43.6. The van der Waals surface area contributed by atoms with E-state index in [2.05, 4.69) is 21.5 Å². The third-order valence-corrected chi connectivity index (χ3v) is 8.09. The predicted molar refractivity (Wildman–Crippen MR) is 161 cm³/mol. The molecule has 2 aliphatic heterocycles. The molecule has 2 bridgehead atoms. The molecular formula is C32H32F2N6O4. The average Bonchev–Trinajstić information content (AvgIpc) is 2.99. The molecule has 12 heteroatoms. The number of nitrogens with zero attached hydrogens (tertiary/aromatic N) is 6. The number of aliphatic hydroxyl groups is 1. The van der Waals surface area contributed by atoms with Crippen LogP contribution in [0.3, 0.4) is 0 Å². The number of piperazine rings is 1. The lowest BCUT2D eigenvalue weighted by molar-refractivity contribution is -0.126. The quantitative estimate of drug-likeness (QED) is 0.353. The molecular weight excluding hydrogens is 570 g/mol. The molecule has 4 aromatic rings. The lowest BCUT2D eigenvalue weighted by Gasteiger charge is -2.40. The van der Waals surface area contributed by atoms with Crippen molar-refractivity contribution < 1.29 is 23.4 Å². The number of rotatable bonds is 3. The second-order valence-electron chi connectivity index (χ2n) is 11.4. The number of fused-ring (bicyclic) bond motifs is 5. The zero-order valence-corrected chi connectivity index (χ0v) is 24.6. The summed E-state index contributed by atoms with van der Waals surface area (Å²) in [5.74, 6) is -1.77. The van der Waals surface area contributed by atoms with Gasteiger partial charge in [-0.2, -0.15) is 4.98 Å². The Labute approximate surface area is 252 Å². The first kappa shape index (κ1) is 29.4. The summed E-state index contributed by atoms with van der Waals surface area (Å²) in [5, 5.41) is 11.2. The Morgan fingerprint density at radius 1 is 1.18 bits per heavy atom. The number of aliphatic hydroxyl groups excluding tert-OH is 1. The van der Waals surface area contributed by atoms with Crippen molar-refractivity contribution in [3.63, 3.8) is 0 Å². The largest absolute Gasteiger partial charge is 0.490 e. The number of aromatic nitrogens is 4. The molecule has 44 heavy (non-hydrogen) atoms. The third-order valence-electron chi connectivity index (χ3n) is 8.09. The van der Waals surface area contributed by atoms with Crippen LogP contribution in [-0.2, 0) is 11.2 Å². The van der Waals surface area contributed by atoms with E-state index in [1.54, 1.807) is 17.2 Å². The molecule has 1 amide bonds. The second kappa shape index (κ2) is 11.4. The number of pyridine rings is 2. The topological polar surface area (TPSA) is 114 Å². The van der Waals surface area contributed by atoms with Gasteiger partial charge in [-0.25, -0.2) is 23.1 Å². The maximum atomic E-state index is 16.1. The molecule has 0 radical (unpaired) electrons. The van der Waals surface area contributed by atoms with Crippen molar-refractivity contribution in [2.75, 3.05) is 31.1 Å². The third kappa shape index (κ3) is 4.98. The highest BCUT2D eigenvalue weighted by atomic mass is 19.1. The molecule has 1 unspecified atom stereocenters. The van der Waals surface area contributed by atoms with E-state index < -0.39 is 23.4 Å². The first-order valence-corrected chi connectivity index (χ1v) is 14.5. The molecule has 1 saturated heterocycles. The predicted octanol–water partition coefficient (Wildman–Crippen LogP) is 3.76. The van der Waals surface area contributed by atoms with E-state index in [9.17, 15) is 14.7 Å². The van der Waals surface area contributed by atoms with Gasteiger partial charge >= 0.3 is 5.69 Å². The van der Waals surface area contributed by atoms with Crippen LogP contribution in [0.4, 0.5) is 14.6 Å². The highest BCUT2D eigenvalue weighted by molar-refractivity contribution is 5.91. The Kier molecular flexibility index (Phi) is 7.62. The Balaban J connectivity index is 1.69. The number of hydrogen-bond acceptors (Lipinski definition) is 8. The molecule has 0 aliphatic carbocycles. The number of carbonyl (C=O) groups is 1. The van der Waals surface area contributed by atoms with Crippen molar-refractivity contribution >= 4 is 22.8 Å². The van der Waals surface area contributed by atoms with Gasteiger partial charge in [-0.15, -0.1) is 0 Å². The Morgan fingerprint density at radius 2 is 1.98 bits per heavy atom. The molecule has 6 rings (SSSR count). The molecule has 3 aromatic heterocycles. The van der Waals surface area contributed by atoms with Gasteiger partial charge in [0, 0.05) is 38.3 Å². The van der Waals surface area contributed by atoms with Crippen LogP contribution in [0.25, 0.3) is 28.0 Å². The molecule has 0 saturated carbocycles. The van der Waals surface area contributed by atoms with Gasteiger partial charge in [-0.1, -0.05) is 26.5 Å². The van der Waals surface area contributed by atoms with Gasteiger partial charge in [0.15, 0.2) is 11.5 Å². The lowest BCUT2D eigenvalue weighted by Crippen LogP contribution is -2.54. The van der Waals surface area contributed by atoms with Crippen molar-refractivity contribution in [2.45, 2.75) is 45.3 Å². The van der Waals surface area contributed by atoms with Crippen LogP contribution < -0.4 is 15.3 Å². The minimum atomic E-state index is -1.04. The van der Waals surface area contributed by atoms with Crippen molar-refractivity contribution in [2.24, 2.45) is 0 Å². The van der Waals surface area contributed by atoms with Crippen LogP contribution in [0.15, 0.2) is 54.0 Å². The number of carbonyl (C=O) groups excluding carboxylic acids is 1. The van der Waals surface area contributed by atoms with Gasteiger partial charge < -0.3 is 19.6 Å². The lowest BCUT2D eigenvalue weighted by atomic mass is 9.99. The van der Waals surface area contributed by atoms with Crippen LogP contribution in [0.1, 0.15) is 37.9 Å².